The highest BCUT2D eigenvalue weighted by atomic mass is 32.2. The molecule has 1 saturated heterocycles. The zero-order valence-electron chi connectivity index (χ0n) is 11.9. The average molecular weight is 297 g/mol. The molecule has 20 heavy (non-hydrogen) atoms. The summed E-state index contributed by atoms with van der Waals surface area (Å²) in [7, 11) is -1.69. The van der Waals surface area contributed by atoms with E-state index in [9.17, 15) is 8.42 Å². The molecule has 2 rings (SSSR count). The smallest absolute Gasteiger partial charge is 0.240 e. The summed E-state index contributed by atoms with van der Waals surface area (Å²) < 4.78 is 23.3. The summed E-state index contributed by atoms with van der Waals surface area (Å²) in [6, 6.07) is 6.99. The largest absolute Gasteiger partial charge is 0.370 e. The number of sulfonamides is 1. The van der Waals surface area contributed by atoms with Gasteiger partial charge >= 0.3 is 0 Å². The van der Waals surface area contributed by atoms with Crippen molar-refractivity contribution in [3.05, 3.63) is 24.3 Å². The Balaban J connectivity index is 2.08. The molecule has 112 valence electrons. The summed E-state index contributed by atoms with van der Waals surface area (Å²) in [6.07, 6.45) is 3.38. The van der Waals surface area contributed by atoms with Crippen LogP contribution >= 0.6 is 0 Å². The van der Waals surface area contributed by atoms with E-state index in [1.807, 2.05) is 19.2 Å². The van der Waals surface area contributed by atoms with E-state index in [4.69, 9.17) is 5.14 Å². The van der Waals surface area contributed by atoms with Gasteiger partial charge in [0.15, 0.2) is 0 Å². The summed E-state index contributed by atoms with van der Waals surface area (Å²) in [5, 5.41) is 8.47. The first-order valence-corrected chi connectivity index (χ1v) is 8.58. The van der Waals surface area contributed by atoms with Crippen LogP contribution in [0.2, 0.25) is 0 Å². The fourth-order valence-corrected chi connectivity index (χ4v) is 3.53. The third-order valence-electron chi connectivity index (χ3n) is 3.93. The molecule has 0 unspecified atom stereocenters. The Morgan fingerprint density at radius 2 is 1.95 bits per heavy atom. The molecular formula is C14H23N3O2S. The number of primary sulfonamides is 1. The Morgan fingerprint density at radius 1 is 1.30 bits per heavy atom. The van der Waals surface area contributed by atoms with Crippen LogP contribution in [0, 0.1) is 5.92 Å². The minimum Gasteiger partial charge on any atom is -0.370 e. The molecule has 0 bridgehead atoms. The molecule has 1 aliphatic rings. The van der Waals surface area contributed by atoms with Gasteiger partial charge in [0.05, 0.1) is 5.69 Å². The molecule has 0 amide bonds. The van der Waals surface area contributed by atoms with Crippen molar-refractivity contribution >= 4 is 15.7 Å². The van der Waals surface area contributed by atoms with Gasteiger partial charge in [0.25, 0.3) is 0 Å². The number of nitrogens with two attached hydrogens (primary N) is 1. The average Bonchev–Trinajstić information content (AvgIpc) is 2.45. The standard InChI is InChI=1S/C14H23N3O2S/c1-16-9-6-12-7-10-17(11-8-12)13-4-2-3-5-14(13)20(15,18)19/h2-5,12,16H,6-11H2,1H3,(H2,15,18,19). The van der Waals surface area contributed by atoms with E-state index in [1.54, 1.807) is 12.1 Å². The topological polar surface area (TPSA) is 75.4 Å². The lowest BCUT2D eigenvalue weighted by Gasteiger charge is -2.34. The van der Waals surface area contributed by atoms with E-state index >= 15 is 0 Å². The number of para-hydroxylation sites is 1. The van der Waals surface area contributed by atoms with Crippen LogP contribution < -0.4 is 15.4 Å². The first kappa shape index (κ1) is 15.3. The first-order valence-electron chi connectivity index (χ1n) is 7.03. The van der Waals surface area contributed by atoms with Crippen LogP contribution in [0.5, 0.6) is 0 Å². The second-order valence-corrected chi connectivity index (χ2v) is 6.87. The Labute approximate surface area is 121 Å². The van der Waals surface area contributed by atoms with Crippen LogP contribution in [0.4, 0.5) is 5.69 Å². The molecule has 0 saturated carbocycles. The fourth-order valence-electron chi connectivity index (χ4n) is 2.77. The number of piperidine rings is 1. The lowest BCUT2D eigenvalue weighted by atomic mass is 9.93. The minimum absolute atomic E-state index is 0.230. The quantitative estimate of drug-likeness (QED) is 0.855. The fraction of sp³-hybridized carbons (Fsp3) is 0.571. The molecule has 0 aliphatic carbocycles. The molecule has 0 atom stereocenters. The van der Waals surface area contributed by atoms with Gasteiger partial charge in [0.1, 0.15) is 4.90 Å². The summed E-state index contributed by atoms with van der Waals surface area (Å²) in [5.41, 5.74) is 0.738. The second kappa shape index (κ2) is 6.56. The lowest BCUT2D eigenvalue weighted by molar-refractivity contribution is 0.377. The zero-order valence-corrected chi connectivity index (χ0v) is 12.7. The lowest BCUT2D eigenvalue weighted by Crippen LogP contribution is -2.35. The number of hydrogen-bond donors (Lipinski definition) is 2. The van der Waals surface area contributed by atoms with Crippen molar-refractivity contribution in [2.45, 2.75) is 24.2 Å². The maximum Gasteiger partial charge on any atom is 0.240 e. The summed E-state index contributed by atoms with van der Waals surface area (Å²) in [4.78, 5) is 2.36. The van der Waals surface area contributed by atoms with Crippen LogP contribution in [0.1, 0.15) is 19.3 Å². The van der Waals surface area contributed by atoms with Crippen LogP contribution in [0.15, 0.2) is 29.2 Å². The van der Waals surface area contributed by atoms with E-state index < -0.39 is 10.0 Å². The highest BCUT2D eigenvalue weighted by molar-refractivity contribution is 7.89. The van der Waals surface area contributed by atoms with E-state index in [0.29, 0.717) is 0 Å². The summed E-state index contributed by atoms with van der Waals surface area (Å²) in [5.74, 6) is 0.723. The van der Waals surface area contributed by atoms with Crippen molar-refractivity contribution in [1.29, 1.82) is 0 Å². The SMILES string of the molecule is CNCCC1CCN(c2ccccc2S(N)(=O)=O)CC1. The Morgan fingerprint density at radius 3 is 2.55 bits per heavy atom. The van der Waals surface area contributed by atoms with Gasteiger partial charge in [0.2, 0.25) is 10.0 Å². The monoisotopic (exact) mass is 297 g/mol. The van der Waals surface area contributed by atoms with Crippen LogP contribution in [-0.2, 0) is 10.0 Å². The van der Waals surface area contributed by atoms with Crippen molar-refractivity contribution in [2.24, 2.45) is 11.1 Å². The van der Waals surface area contributed by atoms with Gasteiger partial charge in [-0.15, -0.1) is 0 Å². The normalized spacial score (nSPS) is 17.4. The molecule has 1 heterocycles. The maximum absolute atomic E-state index is 11.6. The molecule has 0 aromatic heterocycles. The first-order chi connectivity index (χ1) is 9.52. The Bertz CT molecular complexity index is 537. The summed E-state index contributed by atoms with van der Waals surface area (Å²) in [6.45, 7) is 2.82. The Kier molecular flexibility index (Phi) is 5.01. The molecule has 1 aliphatic heterocycles. The molecule has 1 fully saturated rings. The molecule has 0 spiro atoms. The number of hydrogen-bond acceptors (Lipinski definition) is 4. The van der Waals surface area contributed by atoms with Crippen molar-refractivity contribution in [3.63, 3.8) is 0 Å². The van der Waals surface area contributed by atoms with Gasteiger partial charge in [0, 0.05) is 13.1 Å². The molecule has 1 aromatic carbocycles. The number of anilines is 1. The minimum atomic E-state index is -3.66. The van der Waals surface area contributed by atoms with E-state index in [-0.39, 0.29) is 4.90 Å². The van der Waals surface area contributed by atoms with E-state index in [2.05, 4.69) is 10.2 Å². The van der Waals surface area contributed by atoms with Crippen LogP contribution in [0.25, 0.3) is 0 Å². The maximum atomic E-state index is 11.6. The molecule has 5 nitrogen and oxygen atoms in total. The number of benzene rings is 1. The van der Waals surface area contributed by atoms with Crippen molar-refractivity contribution in [1.82, 2.24) is 5.32 Å². The number of nitrogens with one attached hydrogen (secondary N) is 1. The van der Waals surface area contributed by atoms with Crippen molar-refractivity contribution in [3.8, 4) is 0 Å². The third-order valence-corrected chi connectivity index (χ3v) is 4.89. The predicted octanol–water partition coefficient (Wildman–Crippen LogP) is 1.16. The highest BCUT2D eigenvalue weighted by Gasteiger charge is 2.23. The molecular weight excluding hydrogens is 274 g/mol. The number of rotatable bonds is 5. The summed E-state index contributed by atoms with van der Waals surface area (Å²) >= 11 is 0. The van der Waals surface area contributed by atoms with Gasteiger partial charge in [-0.05, 0) is 50.9 Å². The van der Waals surface area contributed by atoms with E-state index in [1.165, 1.54) is 6.42 Å². The van der Waals surface area contributed by atoms with Gasteiger partial charge in [-0.1, -0.05) is 12.1 Å². The van der Waals surface area contributed by atoms with Gasteiger partial charge in [-0.3, -0.25) is 0 Å². The highest BCUT2D eigenvalue weighted by Crippen LogP contribution is 2.29. The van der Waals surface area contributed by atoms with Crippen LogP contribution in [0.3, 0.4) is 0 Å². The second-order valence-electron chi connectivity index (χ2n) is 5.34. The molecule has 0 radical (unpaired) electrons. The van der Waals surface area contributed by atoms with Gasteiger partial charge in [-0.2, -0.15) is 0 Å². The Hall–Kier alpha value is -1.11. The van der Waals surface area contributed by atoms with Gasteiger partial charge in [-0.25, -0.2) is 13.6 Å². The predicted molar refractivity (Wildman–Crippen MR) is 81.3 cm³/mol. The van der Waals surface area contributed by atoms with Gasteiger partial charge < -0.3 is 10.2 Å². The van der Waals surface area contributed by atoms with E-state index in [0.717, 1.165) is 44.1 Å². The molecule has 3 N–H and O–H groups in total. The van der Waals surface area contributed by atoms with Crippen LogP contribution in [-0.4, -0.2) is 35.1 Å². The van der Waals surface area contributed by atoms with Crippen molar-refractivity contribution < 1.29 is 8.42 Å². The zero-order chi connectivity index (χ0) is 14.6. The third kappa shape index (κ3) is 3.71. The molecule has 1 aromatic rings. The van der Waals surface area contributed by atoms with Crippen molar-refractivity contribution in [2.75, 3.05) is 31.6 Å². The molecule has 6 heteroatoms. The number of nitrogens with zero attached hydrogens (tertiary/aromatic N) is 1.